The van der Waals surface area contributed by atoms with Crippen LogP contribution in [0.3, 0.4) is 0 Å². The summed E-state index contributed by atoms with van der Waals surface area (Å²) in [5, 5.41) is 0. The molecule has 2 unspecified atom stereocenters. The van der Waals surface area contributed by atoms with E-state index < -0.39 is 12.4 Å². The Balaban J connectivity index is 2.67. The van der Waals surface area contributed by atoms with E-state index in [-0.39, 0.29) is 12.2 Å². The molecule has 1 fully saturated rings. The van der Waals surface area contributed by atoms with Crippen molar-refractivity contribution in [3.05, 3.63) is 0 Å². The Labute approximate surface area is 98.3 Å². The zero-order valence-electron chi connectivity index (χ0n) is 7.11. The number of rotatable bonds is 4. The maximum Gasteiger partial charge on any atom is 0.200 e. The zero-order valence-corrected chi connectivity index (χ0v) is 11.2. The Morgan fingerprint density at radius 1 is 1.07 bits per heavy atom. The molecule has 1 heterocycles. The van der Waals surface area contributed by atoms with Crippen LogP contribution in [0.2, 0.25) is 0 Å². The molecule has 0 aromatic heterocycles. The summed E-state index contributed by atoms with van der Waals surface area (Å²) >= 11 is 7.39. The molecular weight excluding hydrogens is 266 g/mol. The van der Waals surface area contributed by atoms with Gasteiger partial charge in [0, 0.05) is 18.9 Å². The van der Waals surface area contributed by atoms with Gasteiger partial charge in [0.15, 0.2) is 12.4 Å². The number of hydrogen-bond donors (Lipinski definition) is 2. The monoisotopic (exact) mass is 278 g/mol. The van der Waals surface area contributed by atoms with Crippen LogP contribution in [0.15, 0.2) is 0 Å². The van der Waals surface area contributed by atoms with Crippen molar-refractivity contribution >= 4 is 44.8 Å². The summed E-state index contributed by atoms with van der Waals surface area (Å²) in [7, 11) is 4.30. The molecule has 1 rings (SSSR count). The smallest absolute Gasteiger partial charge is 0.200 e. The van der Waals surface area contributed by atoms with E-state index in [4.69, 9.17) is 22.2 Å². The highest BCUT2D eigenvalue weighted by Gasteiger charge is 2.42. The lowest BCUT2D eigenvalue weighted by Gasteiger charge is -2.38. The average molecular weight is 278 g/mol. The van der Waals surface area contributed by atoms with Crippen molar-refractivity contribution in [1.82, 2.24) is 0 Å². The summed E-state index contributed by atoms with van der Waals surface area (Å²) in [6.45, 7) is 0.335. The first-order valence-electron chi connectivity index (χ1n) is 3.71. The van der Waals surface area contributed by atoms with Crippen molar-refractivity contribution < 1.29 is 22.2 Å². The second-order valence-corrected chi connectivity index (χ2v) is 3.62. The highest BCUT2D eigenvalue weighted by molar-refractivity contribution is 7.75. The topological polar surface area (TPSA) is 46.2 Å². The van der Waals surface area contributed by atoms with Crippen molar-refractivity contribution in [2.24, 2.45) is 0 Å². The van der Waals surface area contributed by atoms with Crippen LogP contribution in [0.25, 0.3) is 0 Å². The summed E-state index contributed by atoms with van der Waals surface area (Å²) in [5.41, 5.74) is 0. The molecule has 0 amide bonds. The first-order valence-corrected chi connectivity index (χ1v) is 5.39. The molecule has 0 spiro atoms. The fourth-order valence-corrected chi connectivity index (χ4v) is 2.19. The zero-order chi connectivity index (χ0) is 10.6. The van der Waals surface area contributed by atoms with Crippen LogP contribution in [0, 0.1) is 0 Å². The summed E-state index contributed by atoms with van der Waals surface area (Å²) < 4.78 is 25.1. The van der Waals surface area contributed by atoms with E-state index in [0.29, 0.717) is 6.61 Å². The van der Waals surface area contributed by atoms with Crippen molar-refractivity contribution in [3.63, 3.8) is 0 Å². The van der Waals surface area contributed by atoms with E-state index in [1.165, 1.54) is 0 Å². The van der Waals surface area contributed by atoms with Gasteiger partial charge in [0.1, 0.15) is 12.2 Å². The fraction of sp³-hybridized carbons (Fsp3) is 1.00. The molecule has 0 radical (unpaired) electrons. The number of hydrogen-bond acceptors (Lipinski definition) is 7. The third-order valence-electron chi connectivity index (χ3n) is 1.94. The molecule has 1 aliphatic rings. The van der Waals surface area contributed by atoms with E-state index in [0.717, 1.165) is 0 Å². The van der Waals surface area contributed by atoms with Gasteiger partial charge in [-0.05, 0) is 25.8 Å². The molecule has 0 N–H and O–H groups in total. The van der Waals surface area contributed by atoms with Gasteiger partial charge in [0.2, 0.25) is 0 Å². The Kier molecular flexibility index (Phi) is 6.56. The van der Waals surface area contributed by atoms with E-state index in [1.54, 1.807) is 0 Å². The van der Waals surface area contributed by atoms with Gasteiger partial charge in [-0.2, -0.15) is 0 Å². The lowest BCUT2D eigenvalue weighted by Crippen LogP contribution is -2.53. The average Bonchev–Trinajstić information content (AvgIpc) is 2.26. The SMILES string of the molecule is PO[C@H]1[C@H](OS)[C@H](OS)OC[C@H]1OP. The van der Waals surface area contributed by atoms with Gasteiger partial charge in [-0.1, -0.05) is 0 Å². The van der Waals surface area contributed by atoms with Crippen molar-refractivity contribution in [2.75, 3.05) is 6.61 Å². The van der Waals surface area contributed by atoms with E-state index in [1.807, 2.05) is 0 Å². The highest BCUT2D eigenvalue weighted by atomic mass is 32.1. The summed E-state index contributed by atoms with van der Waals surface area (Å²) in [5.74, 6) is 0. The van der Waals surface area contributed by atoms with Gasteiger partial charge in [0.05, 0.1) is 6.61 Å². The standard InChI is InChI=1S/C5H12O5P2S2/c11-7-2-1-6-5(10-14)4(9-13)3(2)8-12/h2-5,13-14H,1,11-12H2/t2-,3-,4+,5+/m1/s1. The predicted octanol–water partition coefficient (Wildman–Crippen LogP) is 0.785. The highest BCUT2D eigenvalue weighted by Crippen LogP contribution is 2.27. The number of ether oxygens (including phenoxy) is 1. The fourth-order valence-electron chi connectivity index (χ4n) is 1.23. The Morgan fingerprint density at radius 2 is 1.79 bits per heavy atom. The Morgan fingerprint density at radius 3 is 2.21 bits per heavy atom. The summed E-state index contributed by atoms with van der Waals surface area (Å²) in [6.07, 6.45) is -1.74. The molecule has 1 saturated heterocycles. The Hall–Kier alpha value is 1.36. The third-order valence-corrected chi connectivity index (χ3v) is 3.06. The minimum Gasteiger partial charge on any atom is -0.357 e. The molecule has 0 aromatic carbocycles. The van der Waals surface area contributed by atoms with E-state index >= 15 is 0 Å². The van der Waals surface area contributed by atoms with Crippen LogP contribution in [0.4, 0.5) is 0 Å². The summed E-state index contributed by atoms with van der Waals surface area (Å²) in [4.78, 5) is 0. The van der Waals surface area contributed by atoms with Crippen LogP contribution in [0.5, 0.6) is 0 Å². The maximum absolute atomic E-state index is 5.27. The molecule has 14 heavy (non-hydrogen) atoms. The van der Waals surface area contributed by atoms with Crippen molar-refractivity contribution in [3.8, 4) is 0 Å². The minimum absolute atomic E-state index is 0.255. The van der Waals surface area contributed by atoms with Crippen molar-refractivity contribution in [2.45, 2.75) is 24.6 Å². The third kappa shape index (κ3) is 2.94. The van der Waals surface area contributed by atoms with Gasteiger partial charge >= 0.3 is 0 Å². The van der Waals surface area contributed by atoms with Crippen LogP contribution >= 0.6 is 44.8 Å². The molecule has 5 nitrogen and oxygen atoms in total. The molecular formula is C5H12O5P2S2. The van der Waals surface area contributed by atoms with E-state index in [9.17, 15) is 0 Å². The van der Waals surface area contributed by atoms with Crippen molar-refractivity contribution in [1.29, 1.82) is 0 Å². The van der Waals surface area contributed by atoms with Gasteiger partial charge in [0.25, 0.3) is 0 Å². The van der Waals surface area contributed by atoms with Gasteiger partial charge in [-0.3, -0.25) is 4.18 Å². The minimum atomic E-state index is -0.627. The van der Waals surface area contributed by atoms with E-state index in [2.05, 4.69) is 44.8 Å². The number of thiol groups is 2. The first kappa shape index (κ1) is 13.4. The van der Waals surface area contributed by atoms with Gasteiger partial charge < -0.3 is 18.0 Å². The lowest BCUT2D eigenvalue weighted by molar-refractivity contribution is -0.211. The summed E-state index contributed by atoms with van der Waals surface area (Å²) in [6, 6.07) is 0. The molecule has 0 aromatic rings. The first-order chi connectivity index (χ1) is 6.78. The normalized spacial score (nSPS) is 38.6. The van der Waals surface area contributed by atoms with Gasteiger partial charge in [-0.25, -0.2) is 0 Å². The molecule has 0 aliphatic carbocycles. The van der Waals surface area contributed by atoms with Crippen LogP contribution < -0.4 is 0 Å². The largest absolute Gasteiger partial charge is 0.357 e. The van der Waals surface area contributed by atoms with Crippen LogP contribution in [-0.2, 0) is 22.2 Å². The van der Waals surface area contributed by atoms with Crippen LogP contribution in [-0.4, -0.2) is 31.2 Å². The second kappa shape index (κ2) is 6.84. The van der Waals surface area contributed by atoms with Crippen LogP contribution in [0.1, 0.15) is 0 Å². The Bertz CT molecular complexity index is 158. The van der Waals surface area contributed by atoms with Gasteiger partial charge in [-0.15, -0.1) is 0 Å². The quantitative estimate of drug-likeness (QED) is 0.452. The predicted molar refractivity (Wildman–Crippen MR) is 62.8 cm³/mol. The maximum atomic E-state index is 5.27. The molecule has 1 aliphatic heterocycles. The molecule has 9 heteroatoms. The molecule has 0 saturated carbocycles. The second-order valence-electron chi connectivity index (χ2n) is 2.65. The molecule has 84 valence electrons. The molecule has 6 atom stereocenters. The molecule has 0 bridgehead atoms. The lowest BCUT2D eigenvalue weighted by atomic mass is 10.1.